The maximum atomic E-state index is 13.8. The summed E-state index contributed by atoms with van der Waals surface area (Å²) in [5.41, 5.74) is -0.908. The molecule has 1 heterocycles. The van der Waals surface area contributed by atoms with E-state index in [9.17, 15) is 36.9 Å². The molecule has 30 heavy (non-hydrogen) atoms. The number of rotatable bonds is 5. The number of halogens is 5. The molecule has 0 radical (unpaired) electrons. The molecule has 0 saturated heterocycles. The van der Waals surface area contributed by atoms with E-state index in [0.29, 0.717) is 0 Å². The molecule has 7 nitrogen and oxygen atoms in total. The van der Waals surface area contributed by atoms with Crippen molar-refractivity contribution in [1.82, 2.24) is 9.78 Å². The number of nitro benzene ring substituents is 1. The number of carbonyl (C=O) groups excluding carboxylic acids is 1. The first kappa shape index (κ1) is 20.9. The number of nitro groups is 1. The second kappa shape index (κ2) is 7.89. The quantitative estimate of drug-likeness (QED) is 0.219. The number of nitrogens with zero attached hydrogens (tertiary/aromatic N) is 3. The van der Waals surface area contributed by atoms with Crippen molar-refractivity contribution in [3.05, 3.63) is 86.4 Å². The Bertz CT molecular complexity index is 1150. The monoisotopic (exact) mass is 426 g/mol. The lowest BCUT2D eigenvalue weighted by Crippen LogP contribution is -2.14. The van der Waals surface area contributed by atoms with Gasteiger partial charge in [-0.15, -0.1) is 0 Å². The summed E-state index contributed by atoms with van der Waals surface area (Å²) < 4.78 is 68.1. The first-order valence-corrected chi connectivity index (χ1v) is 8.20. The number of hydrogen-bond acceptors (Lipinski definition) is 4. The molecule has 0 spiro atoms. The van der Waals surface area contributed by atoms with E-state index in [-0.39, 0.29) is 22.6 Å². The number of carbonyl (C=O) groups is 1. The number of nitrogens with one attached hydrogen (secondary N) is 1. The second-order valence-corrected chi connectivity index (χ2v) is 6.16. The van der Waals surface area contributed by atoms with E-state index in [0.717, 1.165) is 16.9 Å². The van der Waals surface area contributed by atoms with Crippen LogP contribution in [0.3, 0.4) is 0 Å². The molecule has 0 fully saturated rings. The van der Waals surface area contributed by atoms with E-state index in [2.05, 4.69) is 10.4 Å². The molecule has 1 aromatic heterocycles. The van der Waals surface area contributed by atoms with Gasteiger partial charge in [0, 0.05) is 29.5 Å². The summed E-state index contributed by atoms with van der Waals surface area (Å²) in [7, 11) is 0. The molecule has 0 aliphatic rings. The minimum absolute atomic E-state index is 0.0696. The number of aromatic nitrogens is 2. The van der Waals surface area contributed by atoms with E-state index < -0.39 is 52.0 Å². The van der Waals surface area contributed by atoms with Gasteiger partial charge in [-0.2, -0.15) is 5.10 Å². The number of aryl methyl sites for hydroxylation is 1. The highest BCUT2D eigenvalue weighted by Crippen LogP contribution is 2.24. The molecule has 0 bridgehead atoms. The Balaban J connectivity index is 1.79. The summed E-state index contributed by atoms with van der Waals surface area (Å²) in [5, 5.41) is 17.0. The standard InChI is InChI=1S/C18H11F5N4O3/c1-8-6-9(2-3-11(8)27(29)30)18(28)24-12-4-5-26(25-12)7-10-13(19)15(21)17(23)16(22)14(10)20/h2-6H,7H2,1H3,(H,24,25,28). The minimum atomic E-state index is -2.26. The number of hydrogen-bond donors (Lipinski definition) is 1. The molecule has 0 aliphatic carbocycles. The third-order valence-corrected chi connectivity index (χ3v) is 4.16. The molecule has 1 N–H and O–H groups in total. The number of anilines is 1. The smallest absolute Gasteiger partial charge is 0.272 e. The lowest BCUT2D eigenvalue weighted by molar-refractivity contribution is -0.385. The molecule has 3 aromatic rings. The van der Waals surface area contributed by atoms with Crippen molar-refractivity contribution < 1.29 is 31.7 Å². The minimum Gasteiger partial charge on any atom is -0.305 e. The van der Waals surface area contributed by atoms with Gasteiger partial charge in [-0.05, 0) is 19.1 Å². The van der Waals surface area contributed by atoms with Gasteiger partial charge in [0.05, 0.1) is 17.0 Å². The van der Waals surface area contributed by atoms with Crippen molar-refractivity contribution in [1.29, 1.82) is 0 Å². The summed E-state index contributed by atoms with van der Waals surface area (Å²) in [6.07, 6.45) is 1.16. The fourth-order valence-corrected chi connectivity index (χ4v) is 2.66. The largest absolute Gasteiger partial charge is 0.305 e. The van der Waals surface area contributed by atoms with Gasteiger partial charge in [-0.3, -0.25) is 19.6 Å². The molecule has 3 rings (SSSR count). The third kappa shape index (κ3) is 3.83. The highest BCUT2D eigenvalue weighted by atomic mass is 19.2. The Hall–Kier alpha value is -3.83. The van der Waals surface area contributed by atoms with Crippen LogP contribution in [0.4, 0.5) is 33.5 Å². The van der Waals surface area contributed by atoms with Crippen LogP contribution in [0.25, 0.3) is 0 Å². The van der Waals surface area contributed by atoms with Crippen LogP contribution in [-0.2, 0) is 6.54 Å². The van der Waals surface area contributed by atoms with E-state index in [1.165, 1.54) is 25.1 Å². The van der Waals surface area contributed by atoms with E-state index in [1.807, 2.05) is 0 Å². The van der Waals surface area contributed by atoms with Crippen molar-refractivity contribution in [2.75, 3.05) is 5.32 Å². The van der Waals surface area contributed by atoms with Crippen molar-refractivity contribution in [3.63, 3.8) is 0 Å². The van der Waals surface area contributed by atoms with Gasteiger partial charge in [0.2, 0.25) is 5.82 Å². The SMILES string of the molecule is Cc1cc(C(=O)Nc2ccn(Cc3c(F)c(F)c(F)c(F)c3F)n2)ccc1[N+](=O)[O-]. The molecule has 0 aliphatic heterocycles. The van der Waals surface area contributed by atoms with Gasteiger partial charge in [-0.1, -0.05) is 0 Å². The number of amides is 1. The van der Waals surface area contributed by atoms with Crippen LogP contribution in [-0.4, -0.2) is 20.6 Å². The highest BCUT2D eigenvalue weighted by molar-refractivity contribution is 6.04. The lowest BCUT2D eigenvalue weighted by Gasteiger charge is -2.08. The highest BCUT2D eigenvalue weighted by Gasteiger charge is 2.26. The van der Waals surface area contributed by atoms with Crippen molar-refractivity contribution in [3.8, 4) is 0 Å². The Labute approximate surface area is 164 Å². The van der Waals surface area contributed by atoms with Gasteiger partial charge in [0.15, 0.2) is 29.1 Å². The lowest BCUT2D eigenvalue weighted by atomic mass is 10.1. The molecular weight excluding hydrogens is 415 g/mol. The Morgan fingerprint density at radius 3 is 2.23 bits per heavy atom. The molecule has 12 heteroatoms. The first-order chi connectivity index (χ1) is 14.1. The zero-order chi connectivity index (χ0) is 22.2. The van der Waals surface area contributed by atoms with Crippen LogP contribution in [0.5, 0.6) is 0 Å². The number of benzene rings is 2. The van der Waals surface area contributed by atoms with Gasteiger partial charge in [0.25, 0.3) is 11.6 Å². The Morgan fingerprint density at radius 1 is 1.07 bits per heavy atom. The fraction of sp³-hybridized carbons (Fsp3) is 0.111. The summed E-state index contributed by atoms with van der Waals surface area (Å²) >= 11 is 0. The van der Waals surface area contributed by atoms with Crippen LogP contribution in [0, 0.1) is 46.1 Å². The summed E-state index contributed by atoms with van der Waals surface area (Å²) in [4.78, 5) is 22.5. The topological polar surface area (TPSA) is 90.1 Å². The zero-order valence-corrected chi connectivity index (χ0v) is 15.1. The van der Waals surface area contributed by atoms with Crippen molar-refractivity contribution >= 4 is 17.4 Å². The average molecular weight is 426 g/mol. The van der Waals surface area contributed by atoms with Crippen molar-refractivity contribution in [2.24, 2.45) is 0 Å². The molecule has 1 amide bonds. The maximum Gasteiger partial charge on any atom is 0.272 e. The van der Waals surface area contributed by atoms with E-state index in [1.54, 1.807) is 0 Å². The van der Waals surface area contributed by atoms with Crippen LogP contribution in [0.2, 0.25) is 0 Å². The molecule has 2 aromatic carbocycles. The molecule has 156 valence electrons. The molecular formula is C18H11F5N4O3. The Kier molecular flexibility index (Phi) is 5.49. The zero-order valence-electron chi connectivity index (χ0n) is 15.1. The predicted octanol–water partition coefficient (Wildman–Crippen LogP) is 4.10. The fourth-order valence-electron chi connectivity index (χ4n) is 2.66. The predicted molar refractivity (Wildman–Crippen MR) is 93.3 cm³/mol. The van der Waals surface area contributed by atoms with Gasteiger partial charge in [0.1, 0.15) is 0 Å². The molecule has 0 saturated carbocycles. The van der Waals surface area contributed by atoms with Gasteiger partial charge >= 0.3 is 0 Å². The summed E-state index contributed by atoms with van der Waals surface area (Å²) in [5.74, 6) is -11.1. The second-order valence-electron chi connectivity index (χ2n) is 6.16. The normalized spacial score (nSPS) is 10.9. The first-order valence-electron chi connectivity index (χ1n) is 8.20. The van der Waals surface area contributed by atoms with Crippen LogP contribution in [0.15, 0.2) is 30.5 Å². The maximum absolute atomic E-state index is 13.8. The molecule has 0 unspecified atom stereocenters. The van der Waals surface area contributed by atoms with Gasteiger partial charge in [-0.25, -0.2) is 22.0 Å². The summed E-state index contributed by atoms with van der Waals surface area (Å²) in [6, 6.07) is 4.92. The third-order valence-electron chi connectivity index (χ3n) is 4.16. The van der Waals surface area contributed by atoms with Crippen LogP contribution >= 0.6 is 0 Å². The van der Waals surface area contributed by atoms with E-state index in [4.69, 9.17) is 0 Å². The van der Waals surface area contributed by atoms with E-state index >= 15 is 0 Å². The Morgan fingerprint density at radius 2 is 1.67 bits per heavy atom. The van der Waals surface area contributed by atoms with Crippen molar-refractivity contribution in [2.45, 2.75) is 13.5 Å². The van der Waals surface area contributed by atoms with Crippen LogP contribution in [0.1, 0.15) is 21.5 Å². The van der Waals surface area contributed by atoms with Crippen LogP contribution < -0.4 is 5.32 Å². The summed E-state index contributed by atoms with van der Waals surface area (Å²) in [6.45, 7) is 0.673. The van der Waals surface area contributed by atoms with Gasteiger partial charge < -0.3 is 5.32 Å². The average Bonchev–Trinajstić information content (AvgIpc) is 3.14. The molecule has 0 atom stereocenters.